The zero-order chi connectivity index (χ0) is 21.5. The molecule has 1 aliphatic heterocycles. The predicted octanol–water partition coefficient (Wildman–Crippen LogP) is 5.44. The van der Waals surface area contributed by atoms with Crippen molar-refractivity contribution in [2.75, 3.05) is 13.2 Å². The summed E-state index contributed by atoms with van der Waals surface area (Å²) in [6.45, 7) is 12.9. The van der Waals surface area contributed by atoms with Crippen LogP contribution in [0.2, 0.25) is 0 Å². The molecule has 162 valence electrons. The quantitative estimate of drug-likeness (QED) is 0.716. The summed E-state index contributed by atoms with van der Waals surface area (Å²) < 4.78 is 11.5. The summed E-state index contributed by atoms with van der Waals surface area (Å²) in [6, 6.07) is 8.46. The molecule has 1 aliphatic carbocycles. The van der Waals surface area contributed by atoms with E-state index in [-0.39, 0.29) is 22.8 Å². The Morgan fingerprint density at radius 2 is 1.80 bits per heavy atom. The van der Waals surface area contributed by atoms with Gasteiger partial charge in [-0.15, -0.1) is 0 Å². The van der Waals surface area contributed by atoms with Gasteiger partial charge in [0.05, 0.1) is 6.10 Å². The van der Waals surface area contributed by atoms with Crippen LogP contribution in [0.15, 0.2) is 28.7 Å². The van der Waals surface area contributed by atoms with E-state index in [4.69, 9.17) is 9.15 Å². The summed E-state index contributed by atoms with van der Waals surface area (Å²) >= 11 is 0. The molecule has 1 amide bonds. The zero-order valence-electron chi connectivity index (χ0n) is 19.1. The summed E-state index contributed by atoms with van der Waals surface area (Å²) in [5.74, 6) is 1.04. The minimum atomic E-state index is -0.165. The van der Waals surface area contributed by atoms with Crippen LogP contribution in [-0.4, -0.2) is 25.2 Å². The van der Waals surface area contributed by atoms with Gasteiger partial charge in [0.2, 0.25) is 0 Å². The second kappa shape index (κ2) is 7.88. The summed E-state index contributed by atoms with van der Waals surface area (Å²) in [5.41, 5.74) is 5.91. The average Bonchev–Trinajstić information content (AvgIpc) is 3.37. The van der Waals surface area contributed by atoms with E-state index in [1.165, 1.54) is 35.1 Å². The molecule has 2 heterocycles. The van der Waals surface area contributed by atoms with E-state index in [1.54, 1.807) is 6.07 Å². The third-order valence-electron chi connectivity index (χ3n) is 7.07. The van der Waals surface area contributed by atoms with Gasteiger partial charge >= 0.3 is 0 Å². The van der Waals surface area contributed by atoms with Crippen molar-refractivity contribution < 1.29 is 13.9 Å². The fourth-order valence-electron chi connectivity index (χ4n) is 4.84. The number of nitrogens with one attached hydrogen (secondary N) is 1. The molecule has 1 N–H and O–H groups in total. The van der Waals surface area contributed by atoms with Crippen LogP contribution in [-0.2, 0) is 22.0 Å². The number of aryl methyl sites for hydroxylation is 1. The first-order valence-corrected chi connectivity index (χ1v) is 11.3. The van der Waals surface area contributed by atoms with Crippen molar-refractivity contribution in [3.8, 4) is 0 Å². The van der Waals surface area contributed by atoms with Gasteiger partial charge in [-0.05, 0) is 77.8 Å². The first-order chi connectivity index (χ1) is 14.2. The molecule has 1 aromatic carbocycles. The number of rotatable bonds is 5. The fourth-order valence-corrected chi connectivity index (χ4v) is 4.84. The predicted molar refractivity (Wildman–Crippen MR) is 119 cm³/mol. The molecular formula is C26H35NO3. The molecule has 1 aromatic heterocycles. The van der Waals surface area contributed by atoms with Gasteiger partial charge < -0.3 is 14.5 Å². The Balaban J connectivity index is 1.50. The standard InChI is InChI=1S/C26H35NO3/c1-17-13-21-22(26(4,5)11-10-25(21,2)3)15-18(17)14-19-8-9-23(30-19)24(28)27-16-20-7-6-12-29-20/h8-9,13,15,20H,6-7,10-12,14,16H2,1-5H3,(H,27,28)/t20-/m1/s1. The number of hydrogen-bond acceptors (Lipinski definition) is 3. The highest BCUT2D eigenvalue weighted by Gasteiger charge is 2.37. The van der Waals surface area contributed by atoms with Crippen molar-refractivity contribution in [1.82, 2.24) is 5.32 Å². The number of benzene rings is 1. The molecule has 0 unspecified atom stereocenters. The summed E-state index contributed by atoms with van der Waals surface area (Å²) in [5, 5.41) is 2.93. The van der Waals surface area contributed by atoms with E-state index >= 15 is 0 Å². The second-order valence-corrected chi connectivity index (χ2v) is 10.4. The monoisotopic (exact) mass is 409 g/mol. The molecule has 1 fully saturated rings. The molecule has 1 atom stereocenters. The van der Waals surface area contributed by atoms with Crippen molar-refractivity contribution in [3.63, 3.8) is 0 Å². The lowest BCUT2D eigenvalue weighted by molar-refractivity contribution is 0.0834. The van der Waals surface area contributed by atoms with Gasteiger partial charge in [0.1, 0.15) is 5.76 Å². The fraction of sp³-hybridized carbons (Fsp3) is 0.577. The van der Waals surface area contributed by atoms with Crippen molar-refractivity contribution >= 4 is 5.91 Å². The molecule has 4 nitrogen and oxygen atoms in total. The number of carbonyl (C=O) groups is 1. The van der Waals surface area contributed by atoms with E-state index in [2.05, 4.69) is 52.1 Å². The molecule has 4 heteroatoms. The van der Waals surface area contributed by atoms with Crippen LogP contribution < -0.4 is 5.32 Å². The molecule has 2 aliphatic rings. The van der Waals surface area contributed by atoms with E-state index < -0.39 is 0 Å². The second-order valence-electron chi connectivity index (χ2n) is 10.4. The van der Waals surface area contributed by atoms with Crippen LogP contribution in [0.5, 0.6) is 0 Å². The Bertz CT molecular complexity index is 932. The largest absolute Gasteiger partial charge is 0.456 e. The number of hydrogen-bond donors (Lipinski definition) is 1. The van der Waals surface area contributed by atoms with E-state index in [9.17, 15) is 4.79 Å². The maximum Gasteiger partial charge on any atom is 0.287 e. The minimum absolute atomic E-state index is 0.133. The molecule has 2 aromatic rings. The SMILES string of the molecule is Cc1cc2c(cc1Cc1ccc(C(=O)NC[C@H]3CCCO3)o1)C(C)(C)CCC2(C)C. The van der Waals surface area contributed by atoms with Crippen molar-refractivity contribution in [2.45, 2.75) is 83.7 Å². The Labute approximate surface area is 180 Å². The Kier molecular flexibility index (Phi) is 5.56. The maximum atomic E-state index is 12.4. The van der Waals surface area contributed by atoms with Crippen LogP contribution in [0, 0.1) is 6.92 Å². The summed E-state index contributed by atoms with van der Waals surface area (Å²) in [4.78, 5) is 12.4. The normalized spacial score (nSPS) is 22.0. The lowest BCUT2D eigenvalue weighted by Gasteiger charge is -2.42. The zero-order valence-corrected chi connectivity index (χ0v) is 19.1. The number of amides is 1. The van der Waals surface area contributed by atoms with E-state index in [1.807, 2.05) is 6.07 Å². The van der Waals surface area contributed by atoms with Crippen LogP contribution in [0.25, 0.3) is 0 Å². The first kappa shape index (κ1) is 21.2. The molecule has 0 radical (unpaired) electrons. The molecule has 4 rings (SSSR count). The van der Waals surface area contributed by atoms with Gasteiger partial charge in [-0.3, -0.25) is 4.79 Å². The van der Waals surface area contributed by atoms with Gasteiger partial charge in [-0.25, -0.2) is 0 Å². The topological polar surface area (TPSA) is 51.5 Å². The van der Waals surface area contributed by atoms with E-state index in [0.717, 1.165) is 25.2 Å². The third-order valence-corrected chi connectivity index (χ3v) is 7.07. The Hall–Kier alpha value is -2.07. The number of carbonyl (C=O) groups excluding carboxylic acids is 1. The molecule has 0 spiro atoms. The van der Waals surface area contributed by atoms with Crippen LogP contribution >= 0.6 is 0 Å². The number of furan rings is 1. The average molecular weight is 410 g/mol. The molecule has 1 saturated heterocycles. The highest BCUT2D eigenvalue weighted by atomic mass is 16.5. The number of ether oxygens (including phenoxy) is 1. The van der Waals surface area contributed by atoms with Crippen molar-refractivity contribution in [2.24, 2.45) is 0 Å². The molecule has 0 saturated carbocycles. The first-order valence-electron chi connectivity index (χ1n) is 11.3. The Morgan fingerprint density at radius 1 is 1.10 bits per heavy atom. The Morgan fingerprint density at radius 3 is 2.47 bits per heavy atom. The van der Waals surface area contributed by atoms with Crippen molar-refractivity contribution in [3.05, 3.63) is 58.0 Å². The van der Waals surface area contributed by atoms with Crippen LogP contribution in [0.1, 0.15) is 91.9 Å². The lowest BCUT2D eigenvalue weighted by atomic mass is 9.62. The number of fused-ring (bicyclic) bond motifs is 1. The smallest absolute Gasteiger partial charge is 0.287 e. The van der Waals surface area contributed by atoms with E-state index in [0.29, 0.717) is 18.7 Å². The van der Waals surface area contributed by atoms with Gasteiger partial charge in [-0.1, -0.05) is 39.8 Å². The molecular weight excluding hydrogens is 374 g/mol. The summed E-state index contributed by atoms with van der Waals surface area (Å²) in [7, 11) is 0. The van der Waals surface area contributed by atoms with Crippen LogP contribution in [0.4, 0.5) is 0 Å². The summed E-state index contributed by atoms with van der Waals surface area (Å²) in [6.07, 6.45) is 5.33. The maximum absolute atomic E-state index is 12.4. The van der Waals surface area contributed by atoms with Gasteiger partial charge in [0.15, 0.2) is 5.76 Å². The highest BCUT2D eigenvalue weighted by Crippen LogP contribution is 2.46. The lowest BCUT2D eigenvalue weighted by Crippen LogP contribution is -2.34. The van der Waals surface area contributed by atoms with Gasteiger partial charge in [0, 0.05) is 19.6 Å². The van der Waals surface area contributed by atoms with Gasteiger partial charge in [0.25, 0.3) is 5.91 Å². The minimum Gasteiger partial charge on any atom is -0.456 e. The molecule has 30 heavy (non-hydrogen) atoms. The molecule has 0 bridgehead atoms. The van der Waals surface area contributed by atoms with Crippen molar-refractivity contribution in [1.29, 1.82) is 0 Å². The third kappa shape index (κ3) is 4.20. The van der Waals surface area contributed by atoms with Gasteiger partial charge in [-0.2, -0.15) is 0 Å². The van der Waals surface area contributed by atoms with Crippen LogP contribution in [0.3, 0.4) is 0 Å². The highest BCUT2D eigenvalue weighted by molar-refractivity contribution is 5.91.